The van der Waals surface area contributed by atoms with Crippen molar-refractivity contribution in [2.45, 2.75) is 24.8 Å². The van der Waals surface area contributed by atoms with Crippen LogP contribution in [0.5, 0.6) is 0 Å². The topological polar surface area (TPSA) is 126 Å². The molecule has 1 aliphatic rings. The van der Waals surface area contributed by atoms with E-state index in [1.54, 1.807) is 4.68 Å². The van der Waals surface area contributed by atoms with Gasteiger partial charge in [-0.2, -0.15) is 10.4 Å². The Morgan fingerprint density at radius 1 is 1.65 bits per heavy atom. The zero-order chi connectivity index (χ0) is 14.6. The molecule has 0 aromatic carbocycles. The van der Waals surface area contributed by atoms with E-state index < -0.39 is 11.4 Å². The summed E-state index contributed by atoms with van der Waals surface area (Å²) in [6.45, 7) is 1.54. The molecule has 1 aliphatic heterocycles. The number of carbonyl (C=O) groups excluding carboxylic acids is 2. The van der Waals surface area contributed by atoms with Crippen LogP contribution in [0.25, 0.3) is 0 Å². The van der Waals surface area contributed by atoms with E-state index in [0.29, 0.717) is 6.41 Å². The number of hydrogen-bond donors (Lipinski definition) is 3. The van der Waals surface area contributed by atoms with Gasteiger partial charge in [0.05, 0.1) is 18.0 Å². The Kier molecular flexibility index (Phi) is 4.00. The van der Waals surface area contributed by atoms with Crippen LogP contribution < -0.4 is 16.4 Å². The van der Waals surface area contributed by atoms with Crippen LogP contribution in [-0.4, -0.2) is 35.2 Å². The molecule has 2 rings (SSSR count). The molecule has 1 fully saturated rings. The third-order valence-corrected chi connectivity index (χ3v) is 3.60. The lowest BCUT2D eigenvalue weighted by atomic mass is 9.86. The van der Waals surface area contributed by atoms with Gasteiger partial charge >= 0.3 is 0 Å². The van der Waals surface area contributed by atoms with Crippen LogP contribution in [-0.2, 0) is 10.3 Å². The summed E-state index contributed by atoms with van der Waals surface area (Å²) in [5.41, 5.74) is 4.96. The highest BCUT2D eigenvalue weighted by molar-refractivity contribution is 5.99. The first-order valence-electron chi connectivity index (χ1n) is 6.31. The van der Waals surface area contributed by atoms with Crippen molar-refractivity contribution < 1.29 is 9.59 Å². The summed E-state index contributed by atoms with van der Waals surface area (Å²) in [5.74, 6) is -0.537. The molecule has 0 aliphatic carbocycles. The van der Waals surface area contributed by atoms with Crippen LogP contribution in [0.1, 0.15) is 29.6 Å². The highest BCUT2D eigenvalue weighted by Gasteiger charge is 2.35. The summed E-state index contributed by atoms with van der Waals surface area (Å²) in [6.07, 6.45) is 3.69. The number of carbonyl (C=O) groups is 2. The number of nitrogens with one attached hydrogen (secondary N) is 2. The van der Waals surface area contributed by atoms with Crippen LogP contribution in [0.15, 0.2) is 6.20 Å². The quantitative estimate of drug-likeness (QED) is 0.627. The third kappa shape index (κ3) is 2.48. The Balaban J connectivity index is 2.43. The summed E-state index contributed by atoms with van der Waals surface area (Å²) >= 11 is 0. The van der Waals surface area contributed by atoms with Crippen LogP contribution in [0.3, 0.4) is 0 Å². The SMILES string of the molecule is N#CCC1(n2cc(C(N)=O)c(NC=O)n2)CCNCC1. The van der Waals surface area contributed by atoms with E-state index in [2.05, 4.69) is 21.8 Å². The fourth-order valence-electron chi connectivity index (χ4n) is 2.49. The van der Waals surface area contributed by atoms with E-state index >= 15 is 0 Å². The molecule has 0 atom stereocenters. The van der Waals surface area contributed by atoms with Gasteiger partial charge in [-0.3, -0.25) is 14.3 Å². The van der Waals surface area contributed by atoms with E-state index in [-0.39, 0.29) is 17.8 Å². The molecule has 1 aromatic rings. The van der Waals surface area contributed by atoms with Gasteiger partial charge in [-0.1, -0.05) is 0 Å². The number of primary amides is 1. The molecular formula is C12H16N6O2. The van der Waals surface area contributed by atoms with Crippen LogP contribution in [0.2, 0.25) is 0 Å². The Morgan fingerprint density at radius 2 is 2.35 bits per heavy atom. The molecule has 0 bridgehead atoms. The largest absolute Gasteiger partial charge is 0.365 e. The predicted molar refractivity (Wildman–Crippen MR) is 70.7 cm³/mol. The second-order valence-corrected chi connectivity index (χ2v) is 4.77. The van der Waals surface area contributed by atoms with E-state index in [1.165, 1.54) is 6.20 Å². The number of nitrogens with zero attached hydrogens (tertiary/aromatic N) is 3. The maximum atomic E-state index is 11.4. The number of piperidine rings is 1. The predicted octanol–water partition coefficient (Wildman–Crippen LogP) is -0.457. The molecule has 0 spiro atoms. The standard InChI is InChI=1S/C12H16N6O2/c13-4-1-12(2-5-15-6-3-12)18-7-9(10(14)20)11(17-18)16-8-19/h7-8,15H,1-3,5-6H2,(H2,14,20)(H,16,17,19). The Morgan fingerprint density at radius 3 is 2.90 bits per heavy atom. The molecule has 0 saturated carbocycles. The summed E-state index contributed by atoms with van der Waals surface area (Å²) in [4.78, 5) is 22.0. The second-order valence-electron chi connectivity index (χ2n) is 4.77. The average Bonchev–Trinajstić information content (AvgIpc) is 2.85. The number of nitrogens with two attached hydrogens (primary N) is 1. The zero-order valence-electron chi connectivity index (χ0n) is 10.9. The fourth-order valence-corrected chi connectivity index (χ4v) is 2.49. The molecule has 106 valence electrons. The molecule has 20 heavy (non-hydrogen) atoms. The highest BCUT2D eigenvalue weighted by atomic mass is 16.1. The monoisotopic (exact) mass is 276 g/mol. The number of rotatable bonds is 5. The number of hydrogen-bond acceptors (Lipinski definition) is 5. The molecule has 8 heteroatoms. The van der Waals surface area contributed by atoms with E-state index in [4.69, 9.17) is 11.0 Å². The minimum atomic E-state index is -0.665. The molecular weight excluding hydrogens is 260 g/mol. The van der Waals surface area contributed by atoms with Crippen molar-refractivity contribution in [3.8, 4) is 6.07 Å². The van der Waals surface area contributed by atoms with Gasteiger partial charge in [-0.05, 0) is 25.9 Å². The molecule has 1 saturated heterocycles. The Labute approximate surface area is 115 Å². The first kappa shape index (κ1) is 14.0. The first-order valence-corrected chi connectivity index (χ1v) is 6.31. The molecule has 0 radical (unpaired) electrons. The van der Waals surface area contributed by atoms with E-state index in [1.807, 2.05) is 0 Å². The van der Waals surface area contributed by atoms with Crippen molar-refractivity contribution in [3.05, 3.63) is 11.8 Å². The molecule has 4 N–H and O–H groups in total. The molecule has 8 nitrogen and oxygen atoms in total. The maximum absolute atomic E-state index is 11.4. The molecule has 2 heterocycles. The lowest BCUT2D eigenvalue weighted by Gasteiger charge is -2.36. The van der Waals surface area contributed by atoms with Crippen molar-refractivity contribution >= 4 is 18.1 Å². The third-order valence-electron chi connectivity index (χ3n) is 3.60. The van der Waals surface area contributed by atoms with Crippen molar-refractivity contribution in [2.24, 2.45) is 5.73 Å². The van der Waals surface area contributed by atoms with Gasteiger partial charge < -0.3 is 16.4 Å². The Bertz CT molecular complexity index is 553. The second kappa shape index (κ2) is 5.71. The lowest BCUT2D eigenvalue weighted by molar-refractivity contribution is -0.105. The van der Waals surface area contributed by atoms with Gasteiger partial charge in [0.1, 0.15) is 5.56 Å². The van der Waals surface area contributed by atoms with Crippen molar-refractivity contribution in [3.63, 3.8) is 0 Å². The molecule has 2 amide bonds. The first-order chi connectivity index (χ1) is 9.63. The summed E-state index contributed by atoms with van der Waals surface area (Å²) in [6, 6.07) is 2.17. The van der Waals surface area contributed by atoms with Crippen molar-refractivity contribution in [2.75, 3.05) is 18.4 Å². The van der Waals surface area contributed by atoms with Gasteiger partial charge in [-0.15, -0.1) is 0 Å². The lowest BCUT2D eigenvalue weighted by Crippen LogP contribution is -2.44. The minimum absolute atomic E-state index is 0.128. The van der Waals surface area contributed by atoms with Gasteiger partial charge in [0.25, 0.3) is 5.91 Å². The summed E-state index contributed by atoms with van der Waals surface area (Å²) < 4.78 is 1.60. The number of amides is 2. The number of anilines is 1. The normalized spacial score (nSPS) is 17.1. The van der Waals surface area contributed by atoms with Gasteiger partial charge in [0.2, 0.25) is 6.41 Å². The van der Waals surface area contributed by atoms with Crippen LogP contribution in [0.4, 0.5) is 5.82 Å². The van der Waals surface area contributed by atoms with Crippen LogP contribution >= 0.6 is 0 Å². The zero-order valence-corrected chi connectivity index (χ0v) is 10.9. The smallest absolute Gasteiger partial charge is 0.254 e. The highest BCUT2D eigenvalue weighted by Crippen LogP contribution is 2.32. The van der Waals surface area contributed by atoms with Crippen molar-refractivity contribution in [1.29, 1.82) is 5.26 Å². The molecule has 0 unspecified atom stereocenters. The summed E-state index contributed by atoms with van der Waals surface area (Å²) in [5, 5.41) is 18.9. The van der Waals surface area contributed by atoms with E-state index in [9.17, 15) is 9.59 Å². The van der Waals surface area contributed by atoms with Crippen molar-refractivity contribution in [1.82, 2.24) is 15.1 Å². The Hall–Kier alpha value is -2.40. The number of aromatic nitrogens is 2. The molecule has 1 aromatic heterocycles. The van der Waals surface area contributed by atoms with Crippen LogP contribution in [0, 0.1) is 11.3 Å². The van der Waals surface area contributed by atoms with E-state index in [0.717, 1.165) is 25.9 Å². The summed E-state index contributed by atoms with van der Waals surface area (Å²) in [7, 11) is 0. The maximum Gasteiger partial charge on any atom is 0.254 e. The van der Waals surface area contributed by atoms with Gasteiger partial charge in [-0.25, -0.2) is 0 Å². The van der Waals surface area contributed by atoms with Gasteiger partial charge in [0.15, 0.2) is 5.82 Å². The van der Waals surface area contributed by atoms with Gasteiger partial charge in [0, 0.05) is 6.20 Å². The average molecular weight is 276 g/mol. The number of nitriles is 1. The minimum Gasteiger partial charge on any atom is -0.365 e. The fraction of sp³-hybridized carbons (Fsp3) is 0.500.